The quantitative estimate of drug-likeness (QED) is 0.864. The number of benzene rings is 1. The Morgan fingerprint density at radius 3 is 3.05 bits per heavy atom. The van der Waals surface area contributed by atoms with Crippen LogP contribution in [-0.4, -0.2) is 43.2 Å². The van der Waals surface area contributed by atoms with Crippen LogP contribution in [0, 0.1) is 0 Å². The first-order valence-electron chi connectivity index (χ1n) is 6.71. The molecule has 0 saturated carbocycles. The van der Waals surface area contributed by atoms with E-state index in [4.69, 9.17) is 15.2 Å². The van der Waals surface area contributed by atoms with Crippen molar-refractivity contribution in [3.63, 3.8) is 0 Å². The van der Waals surface area contributed by atoms with Crippen molar-refractivity contribution >= 4 is 5.91 Å². The van der Waals surface area contributed by atoms with Crippen LogP contribution in [0.15, 0.2) is 18.2 Å². The highest BCUT2D eigenvalue weighted by atomic mass is 16.6. The highest BCUT2D eigenvalue weighted by Gasteiger charge is 2.31. The van der Waals surface area contributed by atoms with Gasteiger partial charge in [0.05, 0.1) is 5.56 Å². The van der Waals surface area contributed by atoms with Crippen molar-refractivity contribution in [3.8, 4) is 11.5 Å². The van der Waals surface area contributed by atoms with E-state index in [0.717, 1.165) is 19.4 Å². The standard InChI is InChI=1S/C14H18N2O3/c15-9-10-3-2-6-16(10)14(17)11-4-1-5-12-13(11)19-8-7-18-12/h1,4-5,10H,2-3,6-9,15H2/t10-/m0/s1. The number of para-hydroxylation sites is 1. The third-order valence-electron chi connectivity index (χ3n) is 3.71. The molecule has 5 heteroatoms. The van der Waals surface area contributed by atoms with E-state index in [1.165, 1.54) is 0 Å². The molecule has 1 saturated heterocycles. The molecule has 102 valence electrons. The van der Waals surface area contributed by atoms with E-state index in [0.29, 0.717) is 36.8 Å². The monoisotopic (exact) mass is 262 g/mol. The van der Waals surface area contributed by atoms with Gasteiger partial charge in [0, 0.05) is 19.1 Å². The summed E-state index contributed by atoms with van der Waals surface area (Å²) in [6.45, 7) is 2.29. The van der Waals surface area contributed by atoms with Gasteiger partial charge in [-0.2, -0.15) is 0 Å². The zero-order chi connectivity index (χ0) is 13.2. The molecule has 1 aromatic rings. The van der Waals surface area contributed by atoms with Crippen molar-refractivity contribution in [1.29, 1.82) is 0 Å². The van der Waals surface area contributed by atoms with E-state index < -0.39 is 0 Å². The number of carbonyl (C=O) groups is 1. The molecule has 1 aromatic carbocycles. The van der Waals surface area contributed by atoms with Gasteiger partial charge in [0.1, 0.15) is 13.2 Å². The molecule has 2 aliphatic heterocycles. The smallest absolute Gasteiger partial charge is 0.258 e. The summed E-state index contributed by atoms with van der Waals surface area (Å²) in [5, 5.41) is 0. The average Bonchev–Trinajstić information content (AvgIpc) is 2.94. The number of amides is 1. The molecule has 5 nitrogen and oxygen atoms in total. The Morgan fingerprint density at radius 1 is 1.37 bits per heavy atom. The molecule has 0 unspecified atom stereocenters. The molecule has 0 spiro atoms. The van der Waals surface area contributed by atoms with Crippen molar-refractivity contribution in [2.24, 2.45) is 5.73 Å². The molecule has 1 amide bonds. The number of rotatable bonds is 2. The molecule has 0 radical (unpaired) electrons. The second kappa shape index (κ2) is 5.09. The molecule has 19 heavy (non-hydrogen) atoms. The molecule has 1 atom stereocenters. The predicted molar refractivity (Wildman–Crippen MR) is 70.5 cm³/mol. The van der Waals surface area contributed by atoms with Gasteiger partial charge in [-0.05, 0) is 25.0 Å². The third kappa shape index (κ3) is 2.14. The summed E-state index contributed by atoms with van der Waals surface area (Å²) in [7, 11) is 0. The number of likely N-dealkylation sites (tertiary alicyclic amines) is 1. The molecule has 3 rings (SSSR count). The summed E-state index contributed by atoms with van der Waals surface area (Å²) in [4.78, 5) is 14.5. The fraction of sp³-hybridized carbons (Fsp3) is 0.500. The van der Waals surface area contributed by atoms with Gasteiger partial charge < -0.3 is 20.1 Å². The summed E-state index contributed by atoms with van der Waals surface area (Å²) < 4.78 is 11.1. The van der Waals surface area contributed by atoms with Crippen LogP contribution in [0.4, 0.5) is 0 Å². The van der Waals surface area contributed by atoms with Crippen LogP contribution in [0.5, 0.6) is 11.5 Å². The molecule has 0 bridgehead atoms. The lowest BCUT2D eigenvalue weighted by molar-refractivity contribution is 0.0730. The van der Waals surface area contributed by atoms with E-state index in [1.807, 2.05) is 17.0 Å². The lowest BCUT2D eigenvalue weighted by Crippen LogP contribution is -2.40. The fourth-order valence-corrected chi connectivity index (χ4v) is 2.74. The molecule has 2 heterocycles. The maximum Gasteiger partial charge on any atom is 0.258 e. The van der Waals surface area contributed by atoms with Gasteiger partial charge in [0.25, 0.3) is 5.91 Å². The Morgan fingerprint density at radius 2 is 2.21 bits per heavy atom. The normalized spacial score (nSPS) is 21.5. The second-order valence-electron chi connectivity index (χ2n) is 4.86. The topological polar surface area (TPSA) is 64.8 Å². The minimum atomic E-state index is -0.00435. The molecule has 0 aliphatic carbocycles. The van der Waals surface area contributed by atoms with E-state index in [2.05, 4.69) is 0 Å². The number of fused-ring (bicyclic) bond motifs is 1. The number of ether oxygens (including phenoxy) is 2. The Labute approximate surface area is 112 Å². The number of nitrogens with zero attached hydrogens (tertiary/aromatic N) is 1. The Hall–Kier alpha value is -1.75. The number of hydrogen-bond donors (Lipinski definition) is 1. The first-order valence-corrected chi connectivity index (χ1v) is 6.71. The molecule has 2 aliphatic rings. The Balaban J connectivity index is 1.91. The van der Waals surface area contributed by atoms with Crippen LogP contribution in [0.3, 0.4) is 0 Å². The SMILES string of the molecule is NC[C@@H]1CCCN1C(=O)c1cccc2c1OCCO2. The van der Waals surface area contributed by atoms with Crippen LogP contribution in [0.1, 0.15) is 23.2 Å². The van der Waals surface area contributed by atoms with E-state index >= 15 is 0 Å². The lowest BCUT2D eigenvalue weighted by atomic mass is 10.1. The van der Waals surface area contributed by atoms with Crippen LogP contribution >= 0.6 is 0 Å². The summed E-state index contributed by atoms with van der Waals surface area (Å²) >= 11 is 0. The van der Waals surface area contributed by atoms with Crippen molar-refractivity contribution in [2.45, 2.75) is 18.9 Å². The number of carbonyl (C=O) groups excluding carboxylic acids is 1. The van der Waals surface area contributed by atoms with Gasteiger partial charge in [-0.1, -0.05) is 6.07 Å². The van der Waals surface area contributed by atoms with Gasteiger partial charge in [0.15, 0.2) is 11.5 Å². The minimum Gasteiger partial charge on any atom is -0.486 e. The molecular weight excluding hydrogens is 244 g/mol. The average molecular weight is 262 g/mol. The van der Waals surface area contributed by atoms with E-state index in [9.17, 15) is 4.79 Å². The number of nitrogens with two attached hydrogens (primary N) is 1. The summed E-state index contributed by atoms with van der Waals surface area (Å²) in [5.41, 5.74) is 6.31. The summed E-state index contributed by atoms with van der Waals surface area (Å²) in [5.74, 6) is 1.22. The van der Waals surface area contributed by atoms with Crippen LogP contribution in [0.25, 0.3) is 0 Å². The van der Waals surface area contributed by atoms with E-state index in [-0.39, 0.29) is 11.9 Å². The van der Waals surface area contributed by atoms with Gasteiger partial charge in [-0.15, -0.1) is 0 Å². The summed E-state index contributed by atoms with van der Waals surface area (Å²) in [6.07, 6.45) is 1.99. The Bertz CT molecular complexity index is 490. The van der Waals surface area contributed by atoms with Crippen molar-refractivity contribution in [1.82, 2.24) is 4.90 Å². The third-order valence-corrected chi connectivity index (χ3v) is 3.71. The fourth-order valence-electron chi connectivity index (χ4n) is 2.74. The van der Waals surface area contributed by atoms with Crippen molar-refractivity contribution < 1.29 is 14.3 Å². The predicted octanol–water partition coefficient (Wildman–Crippen LogP) is 1.02. The van der Waals surface area contributed by atoms with Crippen molar-refractivity contribution in [2.75, 3.05) is 26.3 Å². The van der Waals surface area contributed by atoms with Crippen LogP contribution < -0.4 is 15.2 Å². The highest BCUT2D eigenvalue weighted by Crippen LogP contribution is 2.35. The number of hydrogen-bond acceptors (Lipinski definition) is 4. The molecule has 0 aromatic heterocycles. The maximum atomic E-state index is 12.6. The van der Waals surface area contributed by atoms with Gasteiger partial charge in [-0.25, -0.2) is 0 Å². The van der Waals surface area contributed by atoms with Gasteiger partial charge >= 0.3 is 0 Å². The van der Waals surface area contributed by atoms with Gasteiger partial charge in [0.2, 0.25) is 0 Å². The van der Waals surface area contributed by atoms with Crippen LogP contribution in [-0.2, 0) is 0 Å². The molecule has 1 fully saturated rings. The van der Waals surface area contributed by atoms with Crippen molar-refractivity contribution in [3.05, 3.63) is 23.8 Å². The van der Waals surface area contributed by atoms with Gasteiger partial charge in [-0.3, -0.25) is 4.79 Å². The Kier molecular flexibility index (Phi) is 3.29. The minimum absolute atomic E-state index is 0.00435. The second-order valence-corrected chi connectivity index (χ2v) is 4.86. The highest BCUT2D eigenvalue weighted by molar-refractivity contribution is 5.98. The zero-order valence-corrected chi connectivity index (χ0v) is 10.8. The molecular formula is C14H18N2O3. The lowest BCUT2D eigenvalue weighted by Gasteiger charge is -2.26. The largest absolute Gasteiger partial charge is 0.486 e. The van der Waals surface area contributed by atoms with Crippen LogP contribution in [0.2, 0.25) is 0 Å². The zero-order valence-electron chi connectivity index (χ0n) is 10.8. The van der Waals surface area contributed by atoms with E-state index in [1.54, 1.807) is 6.07 Å². The molecule has 2 N–H and O–H groups in total. The summed E-state index contributed by atoms with van der Waals surface area (Å²) in [6, 6.07) is 5.60. The first-order chi connectivity index (χ1) is 9.31. The first kappa shape index (κ1) is 12.3. The maximum absolute atomic E-state index is 12.6.